The molecule has 0 aromatic carbocycles. The number of carbonyl (C=O) groups is 1. The molecule has 0 aliphatic rings. The average molecular weight is 252 g/mol. The first-order chi connectivity index (χ1) is 8.58. The minimum atomic E-state index is -0.245. The lowest BCUT2D eigenvalue weighted by Crippen LogP contribution is -2.42. The van der Waals surface area contributed by atoms with Crippen LogP contribution in [-0.2, 0) is 0 Å². The second-order valence-corrected chi connectivity index (χ2v) is 4.08. The molecule has 0 bridgehead atoms. The molecule has 2 amide bonds. The number of amides is 2. The van der Waals surface area contributed by atoms with Gasteiger partial charge in [-0.05, 0) is 26.0 Å². The first kappa shape index (κ1) is 14.3. The number of nitrogens with zero attached hydrogens (tertiary/aromatic N) is 1. The molecule has 0 spiro atoms. The Kier molecular flexibility index (Phi) is 5.45. The van der Waals surface area contributed by atoms with Crippen LogP contribution in [0, 0.1) is 6.92 Å². The van der Waals surface area contributed by atoms with Gasteiger partial charge in [-0.25, -0.2) is 4.79 Å². The number of nitrogens with one attached hydrogen (secondary N) is 1. The van der Waals surface area contributed by atoms with E-state index in [1.54, 1.807) is 6.08 Å². The highest BCUT2D eigenvalue weighted by atomic mass is 16.3. The van der Waals surface area contributed by atoms with E-state index in [-0.39, 0.29) is 25.2 Å². The van der Waals surface area contributed by atoms with Crippen LogP contribution in [0.4, 0.5) is 4.79 Å². The number of urea groups is 1. The van der Waals surface area contributed by atoms with E-state index in [9.17, 15) is 4.79 Å². The molecule has 1 unspecified atom stereocenters. The van der Waals surface area contributed by atoms with Crippen molar-refractivity contribution in [3.05, 3.63) is 36.3 Å². The van der Waals surface area contributed by atoms with Gasteiger partial charge in [-0.1, -0.05) is 6.08 Å². The van der Waals surface area contributed by atoms with Crippen molar-refractivity contribution < 1.29 is 14.3 Å². The maximum Gasteiger partial charge on any atom is 0.318 e. The van der Waals surface area contributed by atoms with Gasteiger partial charge in [0, 0.05) is 13.1 Å². The molecular weight excluding hydrogens is 232 g/mol. The highest BCUT2D eigenvalue weighted by Crippen LogP contribution is 2.15. The number of furan rings is 1. The second-order valence-electron chi connectivity index (χ2n) is 4.08. The molecule has 2 N–H and O–H groups in total. The zero-order chi connectivity index (χ0) is 13.5. The third-order valence-electron chi connectivity index (χ3n) is 2.53. The van der Waals surface area contributed by atoms with Crippen LogP contribution in [0.1, 0.15) is 24.5 Å². The van der Waals surface area contributed by atoms with Gasteiger partial charge in [-0.15, -0.1) is 6.58 Å². The highest BCUT2D eigenvalue weighted by Gasteiger charge is 2.16. The minimum absolute atomic E-state index is 0.0739. The third-order valence-corrected chi connectivity index (χ3v) is 2.53. The van der Waals surface area contributed by atoms with Crippen LogP contribution in [0.25, 0.3) is 0 Å². The lowest BCUT2D eigenvalue weighted by atomic mass is 10.2. The Morgan fingerprint density at radius 3 is 2.89 bits per heavy atom. The van der Waals surface area contributed by atoms with Crippen molar-refractivity contribution in [1.29, 1.82) is 0 Å². The van der Waals surface area contributed by atoms with Crippen molar-refractivity contribution in [1.82, 2.24) is 10.2 Å². The monoisotopic (exact) mass is 252 g/mol. The van der Waals surface area contributed by atoms with Crippen molar-refractivity contribution in [3.63, 3.8) is 0 Å². The molecule has 5 nitrogen and oxygen atoms in total. The quantitative estimate of drug-likeness (QED) is 0.759. The molecule has 1 aromatic rings. The average Bonchev–Trinajstić information content (AvgIpc) is 2.75. The molecule has 0 saturated carbocycles. The molecule has 0 saturated heterocycles. The molecule has 0 aliphatic heterocycles. The van der Waals surface area contributed by atoms with Gasteiger partial charge in [0.2, 0.25) is 0 Å². The Morgan fingerprint density at radius 2 is 2.39 bits per heavy atom. The van der Waals surface area contributed by atoms with Gasteiger partial charge < -0.3 is 19.7 Å². The van der Waals surface area contributed by atoms with Crippen molar-refractivity contribution in [3.8, 4) is 0 Å². The van der Waals surface area contributed by atoms with Crippen molar-refractivity contribution in [2.45, 2.75) is 19.9 Å². The smallest absolute Gasteiger partial charge is 0.318 e. The summed E-state index contributed by atoms with van der Waals surface area (Å²) in [6.07, 6.45) is 1.62. The van der Waals surface area contributed by atoms with Crippen LogP contribution in [0.5, 0.6) is 0 Å². The third kappa shape index (κ3) is 3.92. The Bertz CT molecular complexity index is 401. The number of carbonyl (C=O) groups excluding carboxylic acids is 1. The van der Waals surface area contributed by atoms with Gasteiger partial charge in [0.15, 0.2) is 0 Å². The number of aryl methyl sites for hydroxylation is 1. The molecule has 1 rings (SSSR count). The second kappa shape index (κ2) is 6.86. The number of aliphatic hydroxyl groups excluding tert-OH is 1. The summed E-state index contributed by atoms with van der Waals surface area (Å²) < 4.78 is 5.44. The fraction of sp³-hybridized carbons (Fsp3) is 0.462. The molecule has 5 heteroatoms. The largest absolute Gasteiger partial charge is 0.464 e. The maximum atomic E-state index is 11.9. The van der Waals surface area contributed by atoms with E-state index >= 15 is 0 Å². The van der Waals surface area contributed by atoms with E-state index < -0.39 is 0 Å². The molecule has 0 fully saturated rings. The Morgan fingerprint density at radius 1 is 1.67 bits per heavy atom. The van der Waals surface area contributed by atoms with Crippen LogP contribution in [0.15, 0.2) is 29.2 Å². The number of hydrogen-bond acceptors (Lipinski definition) is 3. The topological polar surface area (TPSA) is 65.7 Å². The normalized spacial score (nSPS) is 11.9. The summed E-state index contributed by atoms with van der Waals surface area (Å²) >= 11 is 0. The first-order valence-electron chi connectivity index (χ1n) is 5.92. The molecule has 1 aromatic heterocycles. The molecule has 0 radical (unpaired) electrons. The summed E-state index contributed by atoms with van der Waals surface area (Å²) in [6.45, 7) is 7.89. The van der Waals surface area contributed by atoms with E-state index in [0.29, 0.717) is 12.3 Å². The Hall–Kier alpha value is -1.75. The summed E-state index contributed by atoms with van der Waals surface area (Å²) in [5.74, 6) is 1.52. The van der Waals surface area contributed by atoms with E-state index in [4.69, 9.17) is 9.52 Å². The van der Waals surface area contributed by atoms with Crippen LogP contribution < -0.4 is 5.32 Å². The Labute approximate surface area is 107 Å². The minimum Gasteiger partial charge on any atom is -0.464 e. The zero-order valence-corrected chi connectivity index (χ0v) is 10.8. The molecule has 1 heterocycles. The SMILES string of the molecule is C=CCN(CCO)C(=O)NC(C)c1ccc(C)o1. The zero-order valence-electron chi connectivity index (χ0n) is 10.8. The number of hydrogen-bond donors (Lipinski definition) is 2. The Balaban J connectivity index is 2.59. The van der Waals surface area contributed by atoms with Crippen LogP contribution in [0.2, 0.25) is 0 Å². The highest BCUT2D eigenvalue weighted by molar-refractivity contribution is 5.74. The predicted molar refractivity (Wildman–Crippen MR) is 69.2 cm³/mol. The maximum absolute atomic E-state index is 11.9. The lowest BCUT2D eigenvalue weighted by Gasteiger charge is -2.22. The van der Waals surface area contributed by atoms with Gasteiger partial charge in [-0.3, -0.25) is 0 Å². The summed E-state index contributed by atoms with van der Waals surface area (Å²) in [6, 6.07) is 3.24. The van der Waals surface area contributed by atoms with Crippen LogP contribution >= 0.6 is 0 Å². The fourth-order valence-electron chi connectivity index (χ4n) is 1.59. The fourth-order valence-corrected chi connectivity index (χ4v) is 1.59. The van der Waals surface area contributed by atoms with E-state index in [1.807, 2.05) is 26.0 Å². The number of rotatable bonds is 6. The standard InChI is InChI=1S/C13H20N2O3/c1-4-7-15(8-9-16)13(17)14-11(3)12-6-5-10(2)18-12/h4-6,11,16H,1,7-9H2,2-3H3,(H,14,17). The van der Waals surface area contributed by atoms with E-state index in [2.05, 4.69) is 11.9 Å². The predicted octanol–water partition coefficient (Wildman–Crippen LogP) is 1.84. The number of aliphatic hydroxyl groups is 1. The van der Waals surface area contributed by atoms with Gasteiger partial charge in [0.25, 0.3) is 0 Å². The van der Waals surface area contributed by atoms with E-state index in [1.165, 1.54) is 4.90 Å². The summed E-state index contributed by atoms with van der Waals surface area (Å²) in [5, 5.41) is 11.7. The van der Waals surface area contributed by atoms with Crippen LogP contribution in [-0.4, -0.2) is 35.7 Å². The van der Waals surface area contributed by atoms with Crippen molar-refractivity contribution in [2.75, 3.05) is 19.7 Å². The first-order valence-corrected chi connectivity index (χ1v) is 5.92. The molecule has 18 heavy (non-hydrogen) atoms. The van der Waals surface area contributed by atoms with Crippen molar-refractivity contribution >= 4 is 6.03 Å². The summed E-state index contributed by atoms with van der Waals surface area (Å²) in [5.41, 5.74) is 0. The van der Waals surface area contributed by atoms with Gasteiger partial charge >= 0.3 is 6.03 Å². The summed E-state index contributed by atoms with van der Waals surface area (Å²) in [7, 11) is 0. The van der Waals surface area contributed by atoms with Gasteiger partial charge in [0.05, 0.1) is 12.6 Å². The summed E-state index contributed by atoms with van der Waals surface area (Å²) in [4.78, 5) is 13.4. The van der Waals surface area contributed by atoms with Gasteiger partial charge in [-0.2, -0.15) is 0 Å². The molecule has 100 valence electrons. The van der Waals surface area contributed by atoms with Gasteiger partial charge in [0.1, 0.15) is 11.5 Å². The molecule has 1 atom stereocenters. The van der Waals surface area contributed by atoms with Crippen LogP contribution in [0.3, 0.4) is 0 Å². The molecular formula is C13H20N2O3. The molecule has 0 aliphatic carbocycles. The van der Waals surface area contributed by atoms with E-state index in [0.717, 1.165) is 5.76 Å². The lowest BCUT2D eigenvalue weighted by molar-refractivity contribution is 0.180. The van der Waals surface area contributed by atoms with Crippen molar-refractivity contribution in [2.24, 2.45) is 0 Å².